The van der Waals surface area contributed by atoms with Gasteiger partial charge >= 0.3 is 5.97 Å². The van der Waals surface area contributed by atoms with Crippen molar-refractivity contribution in [1.29, 1.82) is 0 Å². The molecule has 0 aliphatic carbocycles. The highest BCUT2D eigenvalue weighted by atomic mass is 32.2. The maximum atomic E-state index is 12.1. The van der Waals surface area contributed by atoms with Gasteiger partial charge in [0.1, 0.15) is 0 Å². The first-order valence-electron chi connectivity index (χ1n) is 8.58. The monoisotopic (exact) mass is 397 g/mol. The van der Waals surface area contributed by atoms with Crippen molar-refractivity contribution in [3.05, 3.63) is 54.4 Å². The highest BCUT2D eigenvalue weighted by molar-refractivity contribution is 7.99. The van der Waals surface area contributed by atoms with Crippen LogP contribution in [0.2, 0.25) is 0 Å². The summed E-state index contributed by atoms with van der Waals surface area (Å²) in [6.45, 7) is 3.58. The number of benzene rings is 1. The Morgan fingerprint density at radius 1 is 1.14 bits per heavy atom. The molecule has 0 radical (unpaired) electrons. The number of hydrogen-bond acceptors (Lipinski definition) is 7. The molecule has 0 atom stereocenters. The molecule has 1 aromatic carbocycles. The van der Waals surface area contributed by atoms with Crippen molar-refractivity contribution in [2.24, 2.45) is 0 Å². The third-order valence-electron chi connectivity index (χ3n) is 3.50. The first-order valence-corrected chi connectivity index (χ1v) is 9.56. The van der Waals surface area contributed by atoms with E-state index in [1.807, 2.05) is 12.1 Å². The molecule has 0 spiro atoms. The van der Waals surface area contributed by atoms with Crippen molar-refractivity contribution in [1.82, 2.24) is 20.2 Å². The van der Waals surface area contributed by atoms with Crippen molar-refractivity contribution in [2.45, 2.75) is 25.1 Å². The summed E-state index contributed by atoms with van der Waals surface area (Å²) < 4.78 is 5.13. The summed E-state index contributed by atoms with van der Waals surface area (Å²) in [5.41, 5.74) is 1.90. The number of rotatable bonds is 7. The van der Waals surface area contributed by atoms with Crippen LogP contribution < -0.4 is 5.32 Å². The van der Waals surface area contributed by atoms with E-state index in [2.05, 4.69) is 25.5 Å². The number of hydrogen-bond donors (Lipinski definition) is 2. The molecular formula is C19H19N5O3S. The number of esters is 1. The number of anilines is 1. The van der Waals surface area contributed by atoms with Crippen molar-refractivity contribution in [3.63, 3.8) is 0 Å². The third kappa shape index (κ3) is 5.40. The maximum absolute atomic E-state index is 12.1. The van der Waals surface area contributed by atoms with Crippen molar-refractivity contribution < 1.29 is 14.3 Å². The number of H-pyrrole nitrogens is 1. The van der Waals surface area contributed by atoms with Crippen LogP contribution in [0, 0.1) is 0 Å². The summed E-state index contributed by atoms with van der Waals surface area (Å²) in [7, 11) is 0. The molecule has 0 aliphatic heterocycles. The lowest BCUT2D eigenvalue weighted by molar-refractivity contribution is -0.113. The number of thioether (sulfide) groups is 1. The molecule has 3 aromatic rings. The largest absolute Gasteiger partial charge is 0.459 e. The minimum Gasteiger partial charge on any atom is -0.459 e. The van der Waals surface area contributed by atoms with Gasteiger partial charge in [-0.1, -0.05) is 11.8 Å². The molecular weight excluding hydrogens is 378 g/mol. The van der Waals surface area contributed by atoms with E-state index in [1.54, 1.807) is 50.5 Å². The molecule has 0 saturated heterocycles. The fraction of sp³-hybridized carbons (Fsp3) is 0.211. The SMILES string of the molecule is CC(C)OC(=O)c1ccc(NC(=O)CSc2n[nH]c(-c3ccncc3)n2)cc1. The lowest BCUT2D eigenvalue weighted by atomic mass is 10.2. The van der Waals surface area contributed by atoms with E-state index in [0.717, 1.165) is 5.56 Å². The zero-order chi connectivity index (χ0) is 19.9. The second kappa shape index (κ2) is 9.14. The second-order valence-electron chi connectivity index (χ2n) is 6.07. The molecule has 1 amide bonds. The van der Waals surface area contributed by atoms with Gasteiger partial charge in [0.2, 0.25) is 11.1 Å². The van der Waals surface area contributed by atoms with Crippen LogP contribution in [0.15, 0.2) is 53.9 Å². The van der Waals surface area contributed by atoms with E-state index in [4.69, 9.17) is 4.74 Å². The predicted octanol–water partition coefficient (Wildman–Crippen LogP) is 3.16. The van der Waals surface area contributed by atoms with Crippen LogP contribution in [-0.4, -0.2) is 43.9 Å². The van der Waals surface area contributed by atoms with E-state index in [-0.39, 0.29) is 17.8 Å². The number of aromatic amines is 1. The van der Waals surface area contributed by atoms with Gasteiger partial charge in [0.25, 0.3) is 0 Å². The van der Waals surface area contributed by atoms with Gasteiger partial charge in [-0.3, -0.25) is 14.9 Å². The van der Waals surface area contributed by atoms with Crippen LogP contribution in [0.25, 0.3) is 11.4 Å². The van der Waals surface area contributed by atoms with Crippen LogP contribution in [0.3, 0.4) is 0 Å². The minimum atomic E-state index is -0.391. The van der Waals surface area contributed by atoms with E-state index in [1.165, 1.54) is 11.8 Å². The van der Waals surface area contributed by atoms with Gasteiger partial charge in [-0.05, 0) is 50.2 Å². The maximum Gasteiger partial charge on any atom is 0.338 e. The minimum absolute atomic E-state index is 0.158. The van der Waals surface area contributed by atoms with Gasteiger partial charge in [-0.25, -0.2) is 9.78 Å². The average Bonchev–Trinajstić information content (AvgIpc) is 3.16. The first kappa shape index (κ1) is 19.6. The molecule has 2 aromatic heterocycles. The lowest BCUT2D eigenvalue weighted by Gasteiger charge is -2.08. The molecule has 0 unspecified atom stereocenters. The van der Waals surface area contributed by atoms with Crippen molar-refractivity contribution >= 4 is 29.3 Å². The normalized spacial score (nSPS) is 10.7. The summed E-state index contributed by atoms with van der Waals surface area (Å²) in [6.07, 6.45) is 3.16. The topological polar surface area (TPSA) is 110 Å². The number of amides is 1. The van der Waals surface area contributed by atoms with Crippen LogP contribution in [-0.2, 0) is 9.53 Å². The Morgan fingerprint density at radius 3 is 2.54 bits per heavy atom. The Kier molecular flexibility index (Phi) is 6.38. The van der Waals surface area contributed by atoms with Gasteiger partial charge in [0.05, 0.1) is 17.4 Å². The molecule has 8 nitrogen and oxygen atoms in total. The van der Waals surface area contributed by atoms with Crippen LogP contribution in [0.5, 0.6) is 0 Å². The fourth-order valence-electron chi connectivity index (χ4n) is 2.25. The molecule has 28 heavy (non-hydrogen) atoms. The average molecular weight is 397 g/mol. The highest BCUT2D eigenvalue weighted by Crippen LogP contribution is 2.19. The van der Waals surface area contributed by atoms with Gasteiger partial charge in [0.15, 0.2) is 5.82 Å². The standard InChI is InChI=1S/C19H19N5O3S/c1-12(2)27-18(26)14-3-5-15(6-4-14)21-16(25)11-28-19-22-17(23-24-19)13-7-9-20-10-8-13/h3-10,12H,11H2,1-2H3,(H,21,25)(H,22,23,24). The number of carbonyl (C=O) groups is 2. The summed E-state index contributed by atoms with van der Waals surface area (Å²) in [5, 5.41) is 10.2. The predicted molar refractivity (Wildman–Crippen MR) is 106 cm³/mol. The van der Waals surface area contributed by atoms with E-state index >= 15 is 0 Å². The van der Waals surface area contributed by atoms with Gasteiger partial charge in [0, 0.05) is 23.6 Å². The molecule has 2 N–H and O–H groups in total. The Morgan fingerprint density at radius 2 is 1.86 bits per heavy atom. The van der Waals surface area contributed by atoms with Crippen LogP contribution >= 0.6 is 11.8 Å². The number of ether oxygens (including phenoxy) is 1. The molecule has 0 saturated carbocycles. The van der Waals surface area contributed by atoms with Crippen molar-refractivity contribution in [2.75, 3.05) is 11.1 Å². The molecule has 2 heterocycles. The Balaban J connectivity index is 1.51. The smallest absolute Gasteiger partial charge is 0.338 e. The number of carbonyl (C=O) groups excluding carboxylic acids is 2. The van der Waals surface area contributed by atoms with E-state index in [0.29, 0.717) is 22.2 Å². The quantitative estimate of drug-likeness (QED) is 0.465. The Bertz CT molecular complexity index is 942. The van der Waals surface area contributed by atoms with Gasteiger partial charge in [-0.2, -0.15) is 0 Å². The number of pyridine rings is 1. The van der Waals surface area contributed by atoms with Crippen LogP contribution in [0.1, 0.15) is 24.2 Å². The summed E-state index contributed by atoms with van der Waals surface area (Å²) in [4.78, 5) is 32.3. The molecule has 144 valence electrons. The zero-order valence-electron chi connectivity index (χ0n) is 15.4. The summed E-state index contributed by atoms with van der Waals surface area (Å²) in [5.74, 6) is 0.190. The molecule has 0 aliphatic rings. The number of aromatic nitrogens is 4. The molecule has 0 bridgehead atoms. The van der Waals surface area contributed by atoms with E-state index in [9.17, 15) is 9.59 Å². The summed E-state index contributed by atoms with van der Waals surface area (Å²) >= 11 is 1.22. The molecule has 0 fully saturated rings. The van der Waals surface area contributed by atoms with Crippen molar-refractivity contribution in [3.8, 4) is 11.4 Å². The number of nitrogens with one attached hydrogen (secondary N) is 2. The molecule has 3 rings (SSSR count). The van der Waals surface area contributed by atoms with Gasteiger partial charge in [-0.15, -0.1) is 5.10 Å². The first-order chi connectivity index (χ1) is 13.5. The zero-order valence-corrected chi connectivity index (χ0v) is 16.2. The summed E-state index contributed by atoms with van der Waals surface area (Å²) in [6, 6.07) is 10.2. The van der Waals surface area contributed by atoms with Gasteiger partial charge < -0.3 is 10.1 Å². The van der Waals surface area contributed by atoms with E-state index < -0.39 is 5.97 Å². The van der Waals surface area contributed by atoms with Crippen LogP contribution in [0.4, 0.5) is 5.69 Å². The highest BCUT2D eigenvalue weighted by Gasteiger charge is 2.11. The molecule has 9 heteroatoms. The number of nitrogens with zero attached hydrogens (tertiary/aromatic N) is 3. The Hall–Kier alpha value is -3.20. The lowest BCUT2D eigenvalue weighted by Crippen LogP contribution is -2.15. The second-order valence-corrected chi connectivity index (χ2v) is 7.01. The Labute approximate surface area is 166 Å². The third-order valence-corrected chi connectivity index (χ3v) is 4.35. The fourth-order valence-corrected chi connectivity index (χ4v) is 2.85.